The Morgan fingerprint density at radius 2 is 1.45 bits per heavy atom. The van der Waals surface area contributed by atoms with Crippen molar-refractivity contribution in [2.75, 3.05) is 20.8 Å². The van der Waals surface area contributed by atoms with Crippen molar-refractivity contribution in [3.63, 3.8) is 0 Å². The lowest BCUT2D eigenvalue weighted by Crippen LogP contribution is -2.52. The summed E-state index contributed by atoms with van der Waals surface area (Å²) in [5.41, 5.74) is -1.17. The molecule has 2 N–H and O–H groups in total. The summed E-state index contributed by atoms with van der Waals surface area (Å²) in [5, 5.41) is 11.5. The number of ether oxygens (including phenoxy) is 5. The molecule has 0 amide bonds. The van der Waals surface area contributed by atoms with Crippen molar-refractivity contribution in [3.8, 4) is 11.5 Å². The van der Waals surface area contributed by atoms with E-state index in [1.54, 1.807) is 14.2 Å². The minimum Gasteiger partial charge on any atom is -0.497 e. The van der Waals surface area contributed by atoms with Crippen LogP contribution in [0.15, 0.2) is 101 Å². The molecule has 42 heavy (non-hydrogen) atoms. The largest absolute Gasteiger partial charge is 0.497 e. The quantitative estimate of drug-likeness (QED) is 0.294. The van der Waals surface area contributed by atoms with E-state index in [2.05, 4.69) is 4.98 Å². The van der Waals surface area contributed by atoms with Crippen molar-refractivity contribution in [2.24, 2.45) is 0 Å². The van der Waals surface area contributed by atoms with E-state index in [-0.39, 0.29) is 6.61 Å². The van der Waals surface area contributed by atoms with Gasteiger partial charge in [0.1, 0.15) is 34.9 Å². The Balaban J connectivity index is 1.46. The molecule has 2 saturated heterocycles. The van der Waals surface area contributed by atoms with E-state index < -0.39 is 47.0 Å². The van der Waals surface area contributed by atoms with Gasteiger partial charge in [0, 0.05) is 12.3 Å². The van der Waals surface area contributed by atoms with Gasteiger partial charge < -0.3 is 28.8 Å². The van der Waals surface area contributed by atoms with Crippen LogP contribution in [0.2, 0.25) is 0 Å². The van der Waals surface area contributed by atoms with E-state index in [0.29, 0.717) is 11.5 Å². The summed E-state index contributed by atoms with van der Waals surface area (Å²) in [6.45, 7) is 1.72. The highest BCUT2D eigenvalue weighted by Gasteiger charge is 2.66. The molecule has 0 spiro atoms. The van der Waals surface area contributed by atoms with E-state index in [9.17, 15) is 14.7 Å². The van der Waals surface area contributed by atoms with Gasteiger partial charge >= 0.3 is 5.69 Å². The lowest BCUT2D eigenvalue weighted by atomic mass is 9.79. The van der Waals surface area contributed by atoms with Gasteiger partial charge in [0.2, 0.25) is 0 Å². The summed E-state index contributed by atoms with van der Waals surface area (Å²) in [5.74, 6) is 1.39. The van der Waals surface area contributed by atoms with Gasteiger partial charge in [0.25, 0.3) is 5.56 Å². The first-order chi connectivity index (χ1) is 20.3. The van der Waals surface area contributed by atoms with Crippen LogP contribution in [-0.4, -0.2) is 59.4 Å². The van der Waals surface area contributed by atoms with Gasteiger partial charge in [-0.1, -0.05) is 54.6 Å². The molecule has 2 aliphatic heterocycles. The zero-order valence-corrected chi connectivity index (χ0v) is 23.4. The predicted octanol–water partition coefficient (Wildman–Crippen LogP) is 2.98. The molecule has 218 valence electrons. The molecule has 10 nitrogen and oxygen atoms in total. The third-order valence-corrected chi connectivity index (χ3v) is 8.30. The molecule has 0 unspecified atom stereocenters. The standard InChI is InChI=1S/C32H32N2O8/c1-20-31(28(36)27(41-20)29(42-31)34-18-17-26(35)33-30(34)37)19-40-32(21-7-5-4-6-8-21,22-9-13-24(38-2)14-10-22)23-11-15-25(39-3)16-12-23/h4-18,20,27-29,36H,19H2,1-3H3,(H,33,35,37)/t20-,27+,28-,29+,31-/m0/s1. The topological polar surface area (TPSA) is 121 Å². The maximum absolute atomic E-state index is 12.6. The monoisotopic (exact) mass is 572 g/mol. The first-order valence-corrected chi connectivity index (χ1v) is 13.6. The Labute approximate surface area is 242 Å². The number of H-pyrrole nitrogens is 1. The van der Waals surface area contributed by atoms with Crippen LogP contribution < -0.4 is 20.7 Å². The summed E-state index contributed by atoms with van der Waals surface area (Å²) in [6.07, 6.45) is -2.15. The molecular weight excluding hydrogens is 540 g/mol. The first kappa shape index (κ1) is 27.9. The summed E-state index contributed by atoms with van der Waals surface area (Å²) < 4.78 is 31.7. The van der Waals surface area contributed by atoms with E-state index in [4.69, 9.17) is 23.7 Å². The van der Waals surface area contributed by atoms with Crippen LogP contribution in [0.1, 0.15) is 29.8 Å². The highest BCUT2D eigenvalue weighted by Crippen LogP contribution is 2.50. The lowest BCUT2D eigenvalue weighted by molar-refractivity contribution is -0.232. The molecule has 5 atom stereocenters. The Morgan fingerprint density at radius 3 is 2.00 bits per heavy atom. The molecule has 2 fully saturated rings. The molecule has 4 aromatic rings. The van der Waals surface area contributed by atoms with Crippen LogP contribution in [0, 0.1) is 0 Å². The molecule has 10 heteroatoms. The Morgan fingerprint density at radius 1 is 0.881 bits per heavy atom. The van der Waals surface area contributed by atoms with E-state index in [0.717, 1.165) is 16.7 Å². The van der Waals surface area contributed by atoms with Crippen LogP contribution in [0.3, 0.4) is 0 Å². The van der Waals surface area contributed by atoms with E-state index in [1.807, 2.05) is 85.8 Å². The Kier molecular flexibility index (Phi) is 7.24. The molecule has 1 aromatic heterocycles. The minimum atomic E-state index is -1.32. The average Bonchev–Trinajstić information content (AvgIpc) is 3.43. The van der Waals surface area contributed by atoms with Crippen molar-refractivity contribution >= 4 is 0 Å². The third kappa shape index (κ3) is 4.44. The minimum absolute atomic E-state index is 0.0899. The summed E-state index contributed by atoms with van der Waals surface area (Å²) in [4.78, 5) is 26.5. The lowest BCUT2D eigenvalue weighted by Gasteiger charge is -2.41. The normalized spacial score (nSPS) is 25.0. The van der Waals surface area contributed by atoms with E-state index in [1.165, 1.54) is 16.8 Å². The van der Waals surface area contributed by atoms with Crippen LogP contribution in [0.4, 0.5) is 0 Å². The van der Waals surface area contributed by atoms with Crippen molar-refractivity contribution < 1.29 is 28.8 Å². The van der Waals surface area contributed by atoms with Crippen molar-refractivity contribution in [1.29, 1.82) is 0 Å². The van der Waals surface area contributed by atoms with Gasteiger partial charge in [0.05, 0.1) is 26.9 Å². The van der Waals surface area contributed by atoms with Crippen LogP contribution >= 0.6 is 0 Å². The van der Waals surface area contributed by atoms with Gasteiger partial charge in [0.15, 0.2) is 6.23 Å². The van der Waals surface area contributed by atoms with Gasteiger partial charge in [-0.15, -0.1) is 0 Å². The average molecular weight is 573 g/mol. The van der Waals surface area contributed by atoms with Crippen molar-refractivity contribution in [2.45, 2.75) is 42.7 Å². The summed E-state index contributed by atoms with van der Waals surface area (Å²) in [7, 11) is 3.22. The molecule has 0 saturated carbocycles. The second kappa shape index (κ2) is 10.9. The summed E-state index contributed by atoms with van der Waals surface area (Å²) in [6, 6.07) is 26.3. The number of nitrogens with one attached hydrogen (secondary N) is 1. The maximum Gasteiger partial charge on any atom is 0.330 e. The van der Waals surface area contributed by atoms with Crippen molar-refractivity contribution in [1.82, 2.24) is 9.55 Å². The third-order valence-electron chi connectivity index (χ3n) is 8.30. The number of aromatic nitrogens is 2. The zero-order chi connectivity index (χ0) is 29.5. The molecule has 0 radical (unpaired) electrons. The molecule has 3 heterocycles. The fourth-order valence-corrected chi connectivity index (χ4v) is 6.00. The van der Waals surface area contributed by atoms with Crippen LogP contribution in [-0.2, 0) is 19.8 Å². The van der Waals surface area contributed by atoms with Gasteiger partial charge in [-0.2, -0.15) is 0 Å². The Bertz CT molecular complexity index is 1600. The number of methoxy groups -OCH3 is 2. The number of rotatable bonds is 9. The smallest absolute Gasteiger partial charge is 0.330 e. The number of hydrogen-bond donors (Lipinski definition) is 2. The van der Waals surface area contributed by atoms with Crippen LogP contribution in [0.25, 0.3) is 0 Å². The number of fused-ring (bicyclic) bond motifs is 2. The highest BCUT2D eigenvalue weighted by atomic mass is 16.7. The van der Waals surface area contributed by atoms with Crippen LogP contribution in [0.5, 0.6) is 11.5 Å². The molecule has 2 aliphatic rings. The number of aliphatic hydroxyl groups is 1. The molecule has 2 bridgehead atoms. The fourth-order valence-electron chi connectivity index (χ4n) is 6.00. The van der Waals surface area contributed by atoms with E-state index >= 15 is 0 Å². The number of aliphatic hydroxyl groups excluding tert-OH is 1. The second-order valence-corrected chi connectivity index (χ2v) is 10.5. The number of aromatic amines is 1. The SMILES string of the molecule is COc1ccc(C(OC[C@]23O[C@@H](n4ccc(=O)[nH]c4=O)[C@H](O[C@H]2C)[C@@H]3O)(c2ccccc2)c2ccc(OC)cc2)cc1. The number of nitrogens with zero attached hydrogens (tertiary/aromatic N) is 1. The molecule has 6 rings (SSSR count). The highest BCUT2D eigenvalue weighted by molar-refractivity contribution is 5.49. The second-order valence-electron chi connectivity index (χ2n) is 10.5. The molecule has 0 aliphatic carbocycles. The number of hydrogen-bond acceptors (Lipinski definition) is 8. The van der Waals surface area contributed by atoms with Crippen molar-refractivity contribution in [3.05, 3.63) is 129 Å². The number of benzene rings is 3. The predicted molar refractivity (Wildman–Crippen MR) is 153 cm³/mol. The fraction of sp³-hybridized carbons (Fsp3) is 0.312. The van der Waals surface area contributed by atoms with Gasteiger partial charge in [-0.05, 0) is 47.9 Å². The van der Waals surface area contributed by atoms with Gasteiger partial charge in [-0.3, -0.25) is 14.3 Å². The molecular formula is C32H32N2O8. The zero-order valence-electron chi connectivity index (χ0n) is 23.4. The first-order valence-electron chi connectivity index (χ1n) is 13.6. The summed E-state index contributed by atoms with van der Waals surface area (Å²) >= 11 is 0. The maximum atomic E-state index is 12.6. The Hall–Kier alpha value is -4.22. The van der Waals surface area contributed by atoms with Gasteiger partial charge in [-0.25, -0.2) is 4.79 Å². The molecule has 3 aromatic carbocycles.